The van der Waals surface area contributed by atoms with Crippen LogP contribution in [0.3, 0.4) is 0 Å². The van der Waals surface area contributed by atoms with Gasteiger partial charge in [-0.05, 0) is 6.42 Å². The van der Waals surface area contributed by atoms with Gasteiger partial charge in [-0.25, -0.2) is 4.79 Å². The number of hydrogen-bond donors (Lipinski definition) is 1. The highest BCUT2D eigenvalue weighted by Crippen LogP contribution is 2.13. The summed E-state index contributed by atoms with van der Waals surface area (Å²) in [5, 5.41) is 2.72. The number of hydrogen-bond acceptors (Lipinski definition) is 3. The lowest BCUT2D eigenvalue weighted by Gasteiger charge is -2.08. The van der Waals surface area contributed by atoms with E-state index in [9.17, 15) is 4.79 Å². The van der Waals surface area contributed by atoms with Crippen molar-refractivity contribution in [3.63, 3.8) is 0 Å². The molecule has 0 aromatic rings. The number of nitrogens with one attached hydrogen (secondary N) is 1. The van der Waals surface area contributed by atoms with E-state index in [1.807, 2.05) is 0 Å². The topological polar surface area (TPSA) is 47.6 Å². The Morgan fingerprint density at radius 1 is 0.875 bits per heavy atom. The molecule has 1 amide bonds. The average molecular weight is 342 g/mol. The molecule has 1 fully saturated rings. The van der Waals surface area contributed by atoms with E-state index in [1.165, 1.54) is 83.5 Å². The zero-order valence-corrected chi connectivity index (χ0v) is 15.8. The maximum atomic E-state index is 10.8. The van der Waals surface area contributed by atoms with Crippen molar-refractivity contribution in [3.8, 4) is 0 Å². The van der Waals surface area contributed by atoms with E-state index in [-0.39, 0.29) is 12.1 Å². The van der Waals surface area contributed by atoms with Gasteiger partial charge in [-0.3, -0.25) is 0 Å². The van der Waals surface area contributed by atoms with Crippen LogP contribution in [0.15, 0.2) is 0 Å². The highest BCUT2D eigenvalue weighted by atomic mass is 16.6. The van der Waals surface area contributed by atoms with Crippen molar-refractivity contribution < 1.29 is 14.3 Å². The molecule has 0 bridgehead atoms. The van der Waals surface area contributed by atoms with Crippen LogP contribution in [-0.4, -0.2) is 32.0 Å². The van der Waals surface area contributed by atoms with Crippen molar-refractivity contribution in [2.24, 2.45) is 0 Å². The lowest BCUT2D eigenvalue weighted by molar-refractivity contribution is 0.107. The normalized spacial score (nSPS) is 17.0. The van der Waals surface area contributed by atoms with Gasteiger partial charge in [0, 0.05) is 6.61 Å². The smallest absolute Gasteiger partial charge is 0.407 e. The summed E-state index contributed by atoms with van der Waals surface area (Å²) in [6.07, 6.45) is 18.9. The standard InChI is InChI=1S/C20H39NO3/c1-2-3-4-5-6-7-8-9-10-11-12-13-14-15-16-23-17-19-18-24-20(22)21-19/h19H,2-18H2,1H3,(H,21,22)/t19-/m1/s1. The first-order chi connectivity index (χ1) is 11.8. The molecule has 0 spiro atoms. The number of amides is 1. The van der Waals surface area contributed by atoms with Crippen LogP contribution in [-0.2, 0) is 9.47 Å². The third-order valence-electron chi connectivity index (χ3n) is 4.70. The van der Waals surface area contributed by atoms with E-state index in [0.29, 0.717) is 13.2 Å². The molecule has 0 saturated carbocycles. The number of cyclic esters (lactones) is 1. The molecule has 0 unspecified atom stereocenters. The molecule has 1 heterocycles. The molecule has 1 atom stereocenters. The summed E-state index contributed by atoms with van der Waals surface area (Å²) in [7, 11) is 0. The summed E-state index contributed by atoms with van der Waals surface area (Å²) >= 11 is 0. The minimum absolute atomic E-state index is 0.0455. The summed E-state index contributed by atoms with van der Waals surface area (Å²) in [6.45, 7) is 4.09. The second-order valence-electron chi connectivity index (χ2n) is 7.11. The Morgan fingerprint density at radius 3 is 1.83 bits per heavy atom. The number of alkyl carbamates (subject to hydrolysis) is 1. The number of rotatable bonds is 17. The first kappa shape index (κ1) is 21.3. The molecule has 0 radical (unpaired) electrons. The summed E-state index contributed by atoms with van der Waals surface area (Å²) in [6, 6.07) is 0.0455. The number of ether oxygens (including phenoxy) is 2. The van der Waals surface area contributed by atoms with E-state index in [2.05, 4.69) is 12.2 Å². The minimum Gasteiger partial charge on any atom is -0.447 e. The number of carbonyl (C=O) groups excluding carboxylic acids is 1. The van der Waals surface area contributed by atoms with Crippen LogP contribution in [0.4, 0.5) is 4.79 Å². The van der Waals surface area contributed by atoms with Crippen molar-refractivity contribution in [1.29, 1.82) is 0 Å². The zero-order valence-electron chi connectivity index (χ0n) is 15.8. The highest BCUT2D eigenvalue weighted by molar-refractivity contribution is 5.69. The molecule has 1 aliphatic rings. The molecule has 4 heteroatoms. The SMILES string of the molecule is CCCCCCCCCCCCCCCCOC[C@@H]1COC(=O)N1. The summed E-state index contributed by atoms with van der Waals surface area (Å²) in [5.41, 5.74) is 0. The van der Waals surface area contributed by atoms with Crippen LogP contribution in [0.25, 0.3) is 0 Å². The molecule has 24 heavy (non-hydrogen) atoms. The quantitative estimate of drug-likeness (QED) is 0.351. The maximum Gasteiger partial charge on any atom is 0.407 e. The Bertz CT molecular complexity index is 297. The first-order valence-corrected chi connectivity index (χ1v) is 10.3. The highest BCUT2D eigenvalue weighted by Gasteiger charge is 2.21. The second-order valence-corrected chi connectivity index (χ2v) is 7.11. The van der Waals surface area contributed by atoms with Gasteiger partial charge in [-0.1, -0.05) is 90.4 Å². The predicted molar refractivity (Wildman–Crippen MR) is 99.4 cm³/mol. The molecule has 142 valence electrons. The Morgan fingerprint density at radius 2 is 1.38 bits per heavy atom. The first-order valence-electron chi connectivity index (χ1n) is 10.3. The molecule has 1 aliphatic heterocycles. The van der Waals surface area contributed by atoms with Crippen molar-refractivity contribution in [2.45, 2.75) is 103 Å². The third-order valence-corrected chi connectivity index (χ3v) is 4.70. The lowest BCUT2D eigenvalue weighted by atomic mass is 10.0. The molecule has 1 rings (SSSR count). The molecular formula is C20H39NO3. The van der Waals surface area contributed by atoms with Gasteiger partial charge in [0.25, 0.3) is 0 Å². The van der Waals surface area contributed by atoms with Gasteiger partial charge in [0.1, 0.15) is 6.61 Å². The lowest BCUT2D eigenvalue weighted by Crippen LogP contribution is -2.30. The van der Waals surface area contributed by atoms with Crippen LogP contribution in [0.1, 0.15) is 96.8 Å². The molecule has 0 aromatic heterocycles. The van der Waals surface area contributed by atoms with Gasteiger partial charge < -0.3 is 14.8 Å². The monoisotopic (exact) mass is 341 g/mol. The fourth-order valence-electron chi connectivity index (χ4n) is 3.14. The average Bonchev–Trinajstić information content (AvgIpc) is 3.00. The van der Waals surface area contributed by atoms with Crippen LogP contribution in [0.5, 0.6) is 0 Å². The Labute approximate surface area is 149 Å². The van der Waals surface area contributed by atoms with E-state index in [0.717, 1.165) is 13.0 Å². The second kappa shape index (κ2) is 15.7. The van der Waals surface area contributed by atoms with Gasteiger partial charge in [0.05, 0.1) is 12.6 Å². The maximum absolute atomic E-state index is 10.8. The Kier molecular flexibility index (Phi) is 14.0. The van der Waals surface area contributed by atoms with Crippen molar-refractivity contribution in [2.75, 3.05) is 19.8 Å². The summed E-state index contributed by atoms with van der Waals surface area (Å²) in [5.74, 6) is 0. The van der Waals surface area contributed by atoms with E-state index >= 15 is 0 Å². The number of unbranched alkanes of at least 4 members (excludes halogenated alkanes) is 13. The predicted octanol–water partition coefficient (Wildman–Crippen LogP) is 5.59. The van der Waals surface area contributed by atoms with Crippen LogP contribution < -0.4 is 5.32 Å². The molecule has 1 saturated heterocycles. The van der Waals surface area contributed by atoms with E-state index < -0.39 is 0 Å². The number of carbonyl (C=O) groups is 1. The van der Waals surface area contributed by atoms with Crippen LogP contribution in [0, 0.1) is 0 Å². The van der Waals surface area contributed by atoms with E-state index in [1.54, 1.807) is 0 Å². The van der Waals surface area contributed by atoms with Crippen molar-refractivity contribution in [1.82, 2.24) is 5.32 Å². The van der Waals surface area contributed by atoms with Crippen molar-refractivity contribution >= 4 is 6.09 Å². The van der Waals surface area contributed by atoms with E-state index in [4.69, 9.17) is 9.47 Å². The zero-order chi connectivity index (χ0) is 17.3. The Balaban J connectivity index is 1.67. The molecule has 0 aliphatic carbocycles. The van der Waals surface area contributed by atoms with Gasteiger partial charge in [-0.15, -0.1) is 0 Å². The van der Waals surface area contributed by atoms with Gasteiger partial charge >= 0.3 is 6.09 Å². The molecule has 0 aromatic carbocycles. The van der Waals surface area contributed by atoms with Crippen LogP contribution in [0.2, 0.25) is 0 Å². The molecular weight excluding hydrogens is 302 g/mol. The minimum atomic E-state index is -0.319. The van der Waals surface area contributed by atoms with Gasteiger partial charge in [0.15, 0.2) is 0 Å². The fraction of sp³-hybridized carbons (Fsp3) is 0.950. The largest absolute Gasteiger partial charge is 0.447 e. The van der Waals surface area contributed by atoms with Gasteiger partial charge in [-0.2, -0.15) is 0 Å². The van der Waals surface area contributed by atoms with Gasteiger partial charge in [0.2, 0.25) is 0 Å². The molecule has 4 nitrogen and oxygen atoms in total. The van der Waals surface area contributed by atoms with Crippen LogP contribution >= 0.6 is 0 Å². The fourth-order valence-corrected chi connectivity index (χ4v) is 3.14. The summed E-state index contributed by atoms with van der Waals surface area (Å²) < 4.78 is 10.4. The molecule has 1 N–H and O–H groups in total. The van der Waals surface area contributed by atoms with Crippen molar-refractivity contribution in [3.05, 3.63) is 0 Å². The third kappa shape index (κ3) is 12.6. The summed E-state index contributed by atoms with van der Waals surface area (Å²) in [4.78, 5) is 10.8. The Hall–Kier alpha value is -0.770.